The van der Waals surface area contributed by atoms with Gasteiger partial charge in [0.2, 0.25) is 0 Å². The molecule has 25 heavy (non-hydrogen) atoms. The third kappa shape index (κ3) is 5.62. The van der Waals surface area contributed by atoms with Gasteiger partial charge in [0.25, 0.3) is 5.91 Å². The van der Waals surface area contributed by atoms with Crippen LogP contribution in [0, 0.1) is 6.92 Å². The maximum atomic E-state index is 12.1. The molecule has 2 aromatic carbocycles. The molecule has 1 atom stereocenters. The molecule has 4 nitrogen and oxygen atoms in total. The second-order valence-corrected chi connectivity index (χ2v) is 6.20. The zero-order valence-corrected chi connectivity index (χ0v) is 15.3. The normalized spacial score (nSPS) is 12.0. The Kier molecular flexibility index (Phi) is 6.62. The summed E-state index contributed by atoms with van der Waals surface area (Å²) in [7, 11) is 0. The van der Waals surface area contributed by atoms with Gasteiger partial charge in [0.1, 0.15) is 0 Å². The largest absolute Gasteiger partial charge is 0.449 e. The third-order valence-corrected chi connectivity index (χ3v) is 4.14. The van der Waals surface area contributed by atoms with E-state index in [0.29, 0.717) is 15.7 Å². The van der Waals surface area contributed by atoms with E-state index in [0.717, 1.165) is 11.1 Å². The Balaban J connectivity index is 1.92. The number of esters is 1. The summed E-state index contributed by atoms with van der Waals surface area (Å²) < 4.78 is 5.09. The molecule has 0 aliphatic heterocycles. The number of rotatable bonds is 5. The smallest absolute Gasteiger partial charge is 0.331 e. The van der Waals surface area contributed by atoms with Crippen LogP contribution in [0.1, 0.15) is 18.1 Å². The molecule has 0 aliphatic rings. The van der Waals surface area contributed by atoms with E-state index in [2.05, 4.69) is 5.32 Å². The molecule has 2 aromatic rings. The fraction of sp³-hybridized carbons (Fsp3) is 0.158. The molecule has 0 heterocycles. The number of para-hydroxylation sites is 1. The van der Waals surface area contributed by atoms with Crippen LogP contribution in [-0.2, 0) is 14.3 Å². The van der Waals surface area contributed by atoms with E-state index in [9.17, 15) is 9.59 Å². The molecule has 0 saturated heterocycles. The second kappa shape index (κ2) is 8.70. The fourth-order valence-corrected chi connectivity index (χ4v) is 2.31. The van der Waals surface area contributed by atoms with Crippen molar-refractivity contribution in [3.63, 3.8) is 0 Å². The van der Waals surface area contributed by atoms with E-state index in [1.807, 2.05) is 19.1 Å². The lowest BCUT2D eigenvalue weighted by Gasteiger charge is -2.13. The van der Waals surface area contributed by atoms with Gasteiger partial charge in [-0.15, -0.1) is 0 Å². The number of amides is 1. The summed E-state index contributed by atoms with van der Waals surface area (Å²) >= 11 is 12.0. The average Bonchev–Trinajstić information content (AvgIpc) is 2.58. The highest BCUT2D eigenvalue weighted by molar-refractivity contribution is 6.33. The van der Waals surface area contributed by atoms with Crippen molar-refractivity contribution in [2.24, 2.45) is 0 Å². The standard InChI is InChI=1S/C19H17Cl2NO3/c1-12-7-8-14(11-16(12)21)9-10-18(23)25-13(2)19(24)22-17-6-4-3-5-15(17)20/h3-11,13H,1-2H3,(H,22,24)/b10-9+/t13-/m1/s1. The molecule has 6 heteroatoms. The van der Waals surface area contributed by atoms with Crippen molar-refractivity contribution < 1.29 is 14.3 Å². The Labute approximate surface area is 156 Å². The minimum atomic E-state index is -0.963. The topological polar surface area (TPSA) is 55.4 Å². The summed E-state index contributed by atoms with van der Waals surface area (Å²) in [5.41, 5.74) is 2.17. The van der Waals surface area contributed by atoms with Crippen LogP contribution in [-0.4, -0.2) is 18.0 Å². The number of anilines is 1. The van der Waals surface area contributed by atoms with Crippen LogP contribution >= 0.6 is 23.2 Å². The van der Waals surface area contributed by atoms with Crippen LogP contribution in [0.25, 0.3) is 6.08 Å². The molecular formula is C19H17Cl2NO3. The molecular weight excluding hydrogens is 361 g/mol. The maximum absolute atomic E-state index is 12.1. The van der Waals surface area contributed by atoms with Gasteiger partial charge in [0.15, 0.2) is 6.10 Å². The summed E-state index contributed by atoms with van der Waals surface area (Å²) in [5, 5.41) is 3.63. The summed E-state index contributed by atoms with van der Waals surface area (Å²) in [6, 6.07) is 12.2. The predicted octanol–water partition coefficient (Wildman–Crippen LogP) is 4.89. The van der Waals surface area contributed by atoms with Gasteiger partial charge in [-0.3, -0.25) is 4.79 Å². The monoisotopic (exact) mass is 377 g/mol. The van der Waals surface area contributed by atoms with Crippen molar-refractivity contribution in [3.8, 4) is 0 Å². The van der Waals surface area contributed by atoms with Gasteiger partial charge in [0.05, 0.1) is 10.7 Å². The maximum Gasteiger partial charge on any atom is 0.331 e. The first-order valence-corrected chi connectivity index (χ1v) is 8.32. The summed E-state index contributed by atoms with van der Waals surface area (Å²) in [5.74, 6) is -1.09. The minimum absolute atomic E-state index is 0.408. The van der Waals surface area contributed by atoms with E-state index < -0.39 is 18.0 Å². The van der Waals surface area contributed by atoms with Crippen molar-refractivity contribution >= 4 is 46.8 Å². The lowest BCUT2D eigenvalue weighted by molar-refractivity contribution is -0.148. The Morgan fingerprint density at radius 3 is 2.52 bits per heavy atom. The molecule has 0 aromatic heterocycles. The lowest BCUT2D eigenvalue weighted by Crippen LogP contribution is -2.29. The molecule has 0 saturated carbocycles. The summed E-state index contributed by atoms with van der Waals surface area (Å²) in [6.07, 6.45) is 1.86. The zero-order valence-electron chi connectivity index (χ0n) is 13.8. The Morgan fingerprint density at radius 1 is 1.12 bits per heavy atom. The van der Waals surface area contributed by atoms with E-state index in [4.69, 9.17) is 27.9 Å². The molecule has 0 unspecified atom stereocenters. The number of aryl methyl sites for hydroxylation is 1. The molecule has 0 bridgehead atoms. The highest BCUT2D eigenvalue weighted by Gasteiger charge is 2.17. The quantitative estimate of drug-likeness (QED) is 0.596. The van der Waals surface area contributed by atoms with Crippen LogP contribution in [0.2, 0.25) is 10.0 Å². The first-order valence-electron chi connectivity index (χ1n) is 7.57. The molecule has 0 spiro atoms. The van der Waals surface area contributed by atoms with E-state index in [1.165, 1.54) is 13.0 Å². The van der Waals surface area contributed by atoms with E-state index in [-0.39, 0.29) is 0 Å². The zero-order chi connectivity index (χ0) is 18.4. The fourth-order valence-electron chi connectivity index (χ4n) is 1.94. The number of ether oxygens (including phenoxy) is 1. The van der Waals surface area contributed by atoms with Crippen LogP contribution in [0.15, 0.2) is 48.5 Å². The van der Waals surface area contributed by atoms with E-state index >= 15 is 0 Å². The molecule has 1 N–H and O–H groups in total. The molecule has 2 rings (SSSR count). The Bertz CT molecular complexity index is 818. The molecule has 0 radical (unpaired) electrons. The number of carbonyl (C=O) groups is 2. The number of hydrogen-bond acceptors (Lipinski definition) is 3. The van der Waals surface area contributed by atoms with E-state index in [1.54, 1.807) is 36.4 Å². The first kappa shape index (κ1) is 19.0. The summed E-state index contributed by atoms with van der Waals surface area (Å²) in [4.78, 5) is 23.9. The number of hydrogen-bond donors (Lipinski definition) is 1. The molecule has 0 fully saturated rings. The van der Waals surface area contributed by atoms with Crippen LogP contribution < -0.4 is 5.32 Å². The highest BCUT2D eigenvalue weighted by Crippen LogP contribution is 2.21. The van der Waals surface area contributed by atoms with Crippen LogP contribution in [0.3, 0.4) is 0 Å². The summed E-state index contributed by atoms with van der Waals surface area (Å²) in [6.45, 7) is 3.38. The lowest BCUT2D eigenvalue weighted by atomic mass is 10.1. The average molecular weight is 378 g/mol. The second-order valence-electron chi connectivity index (χ2n) is 5.39. The molecule has 1 amide bonds. The predicted molar refractivity (Wildman–Crippen MR) is 101 cm³/mol. The van der Waals surface area contributed by atoms with Crippen molar-refractivity contribution in [1.82, 2.24) is 0 Å². The van der Waals surface area contributed by atoms with Gasteiger partial charge >= 0.3 is 5.97 Å². The van der Waals surface area contributed by atoms with Crippen molar-refractivity contribution in [2.75, 3.05) is 5.32 Å². The van der Waals surface area contributed by atoms with Crippen LogP contribution in [0.5, 0.6) is 0 Å². The van der Waals surface area contributed by atoms with Gasteiger partial charge in [-0.2, -0.15) is 0 Å². The SMILES string of the molecule is Cc1ccc(/C=C/C(=O)O[C@H](C)C(=O)Nc2ccccc2Cl)cc1Cl. The van der Waals surface area contributed by atoms with Crippen molar-refractivity contribution in [1.29, 1.82) is 0 Å². The Morgan fingerprint density at radius 2 is 1.84 bits per heavy atom. The first-order chi connectivity index (χ1) is 11.9. The van der Waals surface area contributed by atoms with Crippen molar-refractivity contribution in [2.45, 2.75) is 20.0 Å². The number of nitrogens with one attached hydrogen (secondary N) is 1. The Hall–Kier alpha value is -2.30. The minimum Gasteiger partial charge on any atom is -0.449 e. The third-order valence-electron chi connectivity index (χ3n) is 3.40. The van der Waals surface area contributed by atoms with Gasteiger partial charge in [-0.05, 0) is 49.2 Å². The van der Waals surface area contributed by atoms with Gasteiger partial charge in [-0.25, -0.2) is 4.79 Å². The van der Waals surface area contributed by atoms with Crippen LogP contribution in [0.4, 0.5) is 5.69 Å². The van der Waals surface area contributed by atoms with Gasteiger partial charge in [-0.1, -0.05) is 47.5 Å². The number of benzene rings is 2. The highest BCUT2D eigenvalue weighted by atomic mass is 35.5. The van der Waals surface area contributed by atoms with Gasteiger partial charge in [0, 0.05) is 11.1 Å². The number of carbonyl (C=O) groups excluding carboxylic acids is 2. The van der Waals surface area contributed by atoms with Crippen molar-refractivity contribution in [3.05, 3.63) is 69.7 Å². The molecule has 0 aliphatic carbocycles. The number of halogens is 2. The molecule has 130 valence electrons. The van der Waals surface area contributed by atoms with Gasteiger partial charge < -0.3 is 10.1 Å².